The maximum atomic E-state index is 12.4. The quantitative estimate of drug-likeness (QED) is 0.436. The van der Waals surface area contributed by atoms with Gasteiger partial charge < -0.3 is 10.6 Å². The van der Waals surface area contributed by atoms with E-state index < -0.39 is 0 Å². The van der Waals surface area contributed by atoms with Crippen molar-refractivity contribution in [1.29, 1.82) is 0 Å². The number of carbonyl (C=O) groups excluding carboxylic acids is 2. The Labute approximate surface area is 163 Å². The van der Waals surface area contributed by atoms with E-state index in [1.807, 2.05) is 0 Å². The number of rotatable bonds is 10. The Kier molecular flexibility index (Phi) is 8.92. The lowest BCUT2D eigenvalue weighted by Gasteiger charge is -2.17. The summed E-state index contributed by atoms with van der Waals surface area (Å²) in [5.74, 6) is 0.490. The van der Waals surface area contributed by atoms with Gasteiger partial charge in [0.05, 0.1) is 23.3 Å². The van der Waals surface area contributed by atoms with Gasteiger partial charge in [0, 0.05) is 12.0 Å². The Bertz CT molecular complexity index is 708. The molecule has 0 unspecified atom stereocenters. The van der Waals surface area contributed by atoms with Crippen molar-refractivity contribution < 1.29 is 9.59 Å². The first-order valence-electron chi connectivity index (χ1n) is 9.55. The molecule has 1 rings (SSSR count). The van der Waals surface area contributed by atoms with Crippen molar-refractivity contribution in [2.45, 2.75) is 60.3 Å². The van der Waals surface area contributed by atoms with Gasteiger partial charge in [-0.3, -0.25) is 14.6 Å². The van der Waals surface area contributed by atoms with E-state index >= 15 is 0 Å². The van der Waals surface area contributed by atoms with E-state index in [9.17, 15) is 9.59 Å². The SMILES string of the molecule is C=C(C)C(=O)Nc1cc(NC(=O)C[C@@H](CC)CCC(=C)C(C)C)cnc1C. The third-order valence-electron chi connectivity index (χ3n) is 4.75. The summed E-state index contributed by atoms with van der Waals surface area (Å²) < 4.78 is 0. The molecule has 0 saturated heterocycles. The van der Waals surface area contributed by atoms with Gasteiger partial charge in [-0.25, -0.2) is 0 Å². The monoisotopic (exact) mass is 371 g/mol. The number of pyridine rings is 1. The number of aromatic nitrogens is 1. The number of hydrogen-bond acceptors (Lipinski definition) is 3. The number of nitrogens with zero attached hydrogens (tertiary/aromatic N) is 1. The molecule has 5 nitrogen and oxygen atoms in total. The van der Waals surface area contributed by atoms with Crippen LogP contribution < -0.4 is 10.6 Å². The highest BCUT2D eigenvalue weighted by Gasteiger charge is 2.15. The highest BCUT2D eigenvalue weighted by atomic mass is 16.2. The normalized spacial score (nSPS) is 11.8. The summed E-state index contributed by atoms with van der Waals surface area (Å²) >= 11 is 0. The van der Waals surface area contributed by atoms with E-state index in [0.717, 1.165) is 19.3 Å². The smallest absolute Gasteiger partial charge is 0.250 e. The average molecular weight is 372 g/mol. The van der Waals surface area contributed by atoms with Crippen LogP contribution in [0.3, 0.4) is 0 Å². The van der Waals surface area contributed by atoms with Crippen LogP contribution in [0.15, 0.2) is 36.6 Å². The standard InChI is InChI=1S/C22H33N3O2/c1-8-18(10-9-16(6)14(2)3)11-21(26)24-19-12-20(17(7)23-13-19)25-22(27)15(4)5/h12-14,18H,4,6,8-11H2,1-3,5,7H3,(H,24,26)(H,25,27)/t18-/m0/s1. The predicted octanol–water partition coefficient (Wildman–Crippen LogP) is 5.25. The van der Waals surface area contributed by atoms with Crippen LogP contribution in [0, 0.1) is 18.8 Å². The third kappa shape index (κ3) is 7.77. The van der Waals surface area contributed by atoms with Crippen molar-refractivity contribution >= 4 is 23.2 Å². The largest absolute Gasteiger partial charge is 0.325 e. The lowest BCUT2D eigenvalue weighted by Crippen LogP contribution is -2.18. The number of allylic oxidation sites excluding steroid dienone is 1. The number of hydrogen-bond donors (Lipinski definition) is 2. The molecule has 0 aromatic carbocycles. The first-order chi connectivity index (χ1) is 12.6. The van der Waals surface area contributed by atoms with E-state index in [4.69, 9.17) is 0 Å². The van der Waals surface area contributed by atoms with Crippen LogP contribution in [-0.2, 0) is 9.59 Å². The van der Waals surface area contributed by atoms with Gasteiger partial charge in [-0.05, 0) is 44.6 Å². The molecular weight excluding hydrogens is 338 g/mol. The fraction of sp³-hybridized carbons (Fsp3) is 0.500. The number of carbonyl (C=O) groups is 2. The molecule has 0 aliphatic carbocycles. The van der Waals surface area contributed by atoms with E-state index in [-0.39, 0.29) is 11.8 Å². The van der Waals surface area contributed by atoms with Gasteiger partial charge in [-0.2, -0.15) is 0 Å². The van der Waals surface area contributed by atoms with Gasteiger partial charge in [0.1, 0.15) is 0 Å². The van der Waals surface area contributed by atoms with Crippen molar-refractivity contribution in [3.63, 3.8) is 0 Å². The molecule has 1 aromatic rings. The molecule has 0 saturated carbocycles. The minimum absolute atomic E-state index is 0.0418. The zero-order valence-corrected chi connectivity index (χ0v) is 17.3. The van der Waals surface area contributed by atoms with E-state index in [1.165, 1.54) is 5.57 Å². The molecule has 0 bridgehead atoms. The first-order valence-corrected chi connectivity index (χ1v) is 9.55. The van der Waals surface area contributed by atoms with E-state index in [2.05, 4.69) is 49.5 Å². The Morgan fingerprint density at radius 1 is 1.22 bits per heavy atom. The minimum atomic E-state index is -0.264. The summed E-state index contributed by atoms with van der Waals surface area (Å²) in [6, 6.07) is 1.72. The van der Waals surface area contributed by atoms with Gasteiger partial charge in [0.2, 0.25) is 5.91 Å². The van der Waals surface area contributed by atoms with Crippen LogP contribution in [-0.4, -0.2) is 16.8 Å². The van der Waals surface area contributed by atoms with Crippen LogP contribution in [0.5, 0.6) is 0 Å². The van der Waals surface area contributed by atoms with E-state index in [0.29, 0.717) is 40.9 Å². The van der Waals surface area contributed by atoms with Crippen LogP contribution in [0.4, 0.5) is 11.4 Å². The second-order valence-corrected chi connectivity index (χ2v) is 7.47. The molecule has 2 amide bonds. The highest BCUT2D eigenvalue weighted by molar-refractivity contribution is 6.03. The van der Waals surface area contributed by atoms with Crippen molar-refractivity contribution in [2.75, 3.05) is 10.6 Å². The fourth-order valence-corrected chi connectivity index (χ4v) is 2.56. The maximum absolute atomic E-state index is 12.4. The van der Waals surface area contributed by atoms with Crippen LogP contribution in [0.1, 0.15) is 59.1 Å². The molecule has 0 aliphatic heterocycles. The second-order valence-electron chi connectivity index (χ2n) is 7.47. The Balaban J connectivity index is 2.68. The molecule has 0 fully saturated rings. The molecule has 0 aliphatic rings. The lowest BCUT2D eigenvalue weighted by atomic mass is 9.91. The molecule has 1 atom stereocenters. The topological polar surface area (TPSA) is 71.1 Å². The first kappa shape index (κ1) is 22.6. The molecule has 0 spiro atoms. The highest BCUT2D eigenvalue weighted by Crippen LogP contribution is 2.23. The zero-order valence-electron chi connectivity index (χ0n) is 17.3. The Morgan fingerprint density at radius 2 is 1.89 bits per heavy atom. The fourth-order valence-electron chi connectivity index (χ4n) is 2.56. The number of amides is 2. The number of nitrogens with one attached hydrogen (secondary N) is 2. The maximum Gasteiger partial charge on any atom is 0.250 e. The average Bonchev–Trinajstić information content (AvgIpc) is 2.60. The van der Waals surface area contributed by atoms with Crippen molar-refractivity contribution in [1.82, 2.24) is 4.98 Å². The molecule has 27 heavy (non-hydrogen) atoms. The lowest BCUT2D eigenvalue weighted by molar-refractivity contribution is -0.117. The van der Waals surface area contributed by atoms with Crippen LogP contribution >= 0.6 is 0 Å². The molecule has 1 aromatic heterocycles. The summed E-state index contributed by atoms with van der Waals surface area (Å²) in [4.78, 5) is 28.5. The molecule has 148 valence electrons. The summed E-state index contributed by atoms with van der Waals surface area (Å²) in [7, 11) is 0. The Morgan fingerprint density at radius 3 is 2.44 bits per heavy atom. The summed E-state index contributed by atoms with van der Waals surface area (Å²) in [6.07, 6.45) is 4.93. The van der Waals surface area contributed by atoms with E-state index in [1.54, 1.807) is 26.1 Å². The number of aryl methyl sites for hydroxylation is 1. The molecule has 5 heteroatoms. The van der Waals surface area contributed by atoms with Crippen LogP contribution in [0.2, 0.25) is 0 Å². The van der Waals surface area contributed by atoms with Gasteiger partial charge in [0.25, 0.3) is 5.91 Å². The summed E-state index contributed by atoms with van der Waals surface area (Å²) in [6.45, 7) is 17.6. The van der Waals surface area contributed by atoms with Gasteiger partial charge >= 0.3 is 0 Å². The molecule has 2 N–H and O–H groups in total. The van der Waals surface area contributed by atoms with Crippen molar-refractivity contribution in [3.8, 4) is 0 Å². The van der Waals surface area contributed by atoms with Gasteiger partial charge in [-0.1, -0.05) is 45.9 Å². The zero-order chi connectivity index (χ0) is 20.6. The van der Waals surface area contributed by atoms with Crippen molar-refractivity contribution in [2.24, 2.45) is 11.8 Å². The molecular formula is C22H33N3O2. The molecule has 1 heterocycles. The van der Waals surface area contributed by atoms with Crippen molar-refractivity contribution in [3.05, 3.63) is 42.3 Å². The number of anilines is 2. The predicted molar refractivity (Wildman–Crippen MR) is 113 cm³/mol. The minimum Gasteiger partial charge on any atom is -0.325 e. The summed E-state index contributed by atoms with van der Waals surface area (Å²) in [5, 5.41) is 5.65. The second kappa shape index (κ2) is 10.7. The van der Waals surface area contributed by atoms with Crippen LogP contribution in [0.25, 0.3) is 0 Å². The van der Waals surface area contributed by atoms with Gasteiger partial charge in [-0.15, -0.1) is 0 Å². The third-order valence-corrected chi connectivity index (χ3v) is 4.75. The van der Waals surface area contributed by atoms with Gasteiger partial charge in [0.15, 0.2) is 0 Å². The molecule has 0 radical (unpaired) electrons. The summed E-state index contributed by atoms with van der Waals surface area (Å²) in [5.41, 5.74) is 3.47. The Hall–Kier alpha value is -2.43.